The Labute approximate surface area is 86.2 Å². The molecule has 0 atom stereocenters. The van der Waals surface area contributed by atoms with Crippen LogP contribution in [-0.2, 0) is 11.4 Å². The van der Waals surface area contributed by atoms with E-state index in [1.54, 1.807) is 0 Å². The maximum Gasteiger partial charge on any atom is 0.0933 e. The van der Waals surface area contributed by atoms with Crippen LogP contribution in [0.25, 0.3) is 0 Å². The van der Waals surface area contributed by atoms with Crippen molar-refractivity contribution in [1.29, 1.82) is 0 Å². The molecule has 1 N–H and O–H groups in total. The van der Waals surface area contributed by atoms with Crippen LogP contribution < -0.4 is 5.48 Å². The maximum atomic E-state index is 5.41. The van der Waals surface area contributed by atoms with E-state index in [0.717, 1.165) is 12.8 Å². The van der Waals surface area contributed by atoms with Gasteiger partial charge < -0.3 is 0 Å². The molecule has 0 heterocycles. The molecule has 0 amide bonds. The maximum absolute atomic E-state index is 5.41. The third-order valence-corrected chi connectivity index (χ3v) is 2.32. The first kappa shape index (κ1) is 11.2. The van der Waals surface area contributed by atoms with Crippen molar-refractivity contribution in [3.63, 3.8) is 0 Å². The average molecular weight is 193 g/mol. The highest BCUT2D eigenvalue weighted by Crippen LogP contribution is 2.01. The summed E-state index contributed by atoms with van der Waals surface area (Å²) in [6.07, 6.45) is 2.20. The molecule has 0 aliphatic carbocycles. The largest absolute Gasteiger partial charge is 0.297 e. The van der Waals surface area contributed by atoms with Crippen molar-refractivity contribution < 1.29 is 4.84 Å². The van der Waals surface area contributed by atoms with Crippen molar-refractivity contribution in [2.75, 3.05) is 0 Å². The molecule has 1 aromatic rings. The Bertz CT molecular complexity index is 231. The van der Waals surface area contributed by atoms with Gasteiger partial charge in [0.15, 0.2) is 0 Å². The molecule has 14 heavy (non-hydrogen) atoms. The molecule has 0 spiro atoms. The van der Waals surface area contributed by atoms with Crippen LogP contribution in [0.15, 0.2) is 30.3 Å². The van der Waals surface area contributed by atoms with Crippen LogP contribution in [0.1, 0.15) is 32.3 Å². The van der Waals surface area contributed by atoms with Crippen LogP contribution in [0.3, 0.4) is 0 Å². The average Bonchev–Trinajstić information content (AvgIpc) is 2.26. The van der Waals surface area contributed by atoms with Gasteiger partial charge in [-0.3, -0.25) is 4.84 Å². The molecular weight excluding hydrogens is 174 g/mol. The van der Waals surface area contributed by atoms with Crippen molar-refractivity contribution >= 4 is 0 Å². The van der Waals surface area contributed by atoms with Gasteiger partial charge in [0.05, 0.1) is 6.61 Å². The minimum absolute atomic E-state index is 0.471. The Hall–Kier alpha value is -0.860. The topological polar surface area (TPSA) is 21.3 Å². The van der Waals surface area contributed by atoms with Crippen LogP contribution in [-0.4, -0.2) is 6.04 Å². The Morgan fingerprint density at radius 2 is 1.79 bits per heavy atom. The summed E-state index contributed by atoms with van der Waals surface area (Å²) in [4.78, 5) is 5.41. The summed E-state index contributed by atoms with van der Waals surface area (Å²) in [6, 6.07) is 10.7. The lowest BCUT2D eigenvalue weighted by Crippen LogP contribution is -2.27. The first-order valence-corrected chi connectivity index (χ1v) is 5.28. The predicted octanol–water partition coefficient (Wildman–Crippen LogP) is 2.90. The quantitative estimate of drug-likeness (QED) is 0.701. The highest BCUT2D eigenvalue weighted by Gasteiger charge is 2.01. The Morgan fingerprint density at radius 1 is 1.14 bits per heavy atom. The van der Waals surface area contributed by atoms with E-state index in [9.17, 15) is 0 Å². The van der Waals surface area contributed by atoms with E-state index in [2.05, 4.69) is 31.5 Å². The molecule has 0 aromatic heterocycles. The standard InChI is InChI=1S/C12H19NO/c1-3-12(4-2)13-14-10-11-8-6-5-7-9-11/h5-9,12-13H,3-4,10H2,1-2H3. The molecule has 1 aromatic carbocycles. The summed E-state index contributed by atoms with van der Waals surface area (Å²) in [6.45, 7) is 4.96. The smallest absolute Gasteiger partial charge is 0.0933 e. The van der Waals surface area contributed by atoms with Gasteiger partial charge in [-0.2, -0.15) is 5.48 Å². The van der Waals surface area contributed by atoms with E-state index in [-0.39, 0.29) is 0 Å². The van der Waals surface area contributed by atoms with Crippen molar-refractivity contribution in [3.05, 3.63) is 35.9 Å². The number of hydrogen-bond acceptors (Lipinski definition) is 2. The molecule has 2 heteroatoms. The minimum atomic E-state index is 0.471. The third kappa shape index (κ3) is 3.90. The third-order valence-electron chi connectivity index (χ3n) is 2.32. The summed E-state index contributed by atoms with van der Waals surface area (Å²) in [5, 5.41) is 0. The molecule has 0 aliphatic rings. The van der Waals surface area contributed by atoms with Gasteiger partial charge in [-0.25, -0.2) is 0 Å². The second-order valence-electron chi connectivity index (χ2n) is 3.41. The van der Waals surface area contributed by atoms with E-state index < -0.39 is 0 Å². The minimum Gasteiger partial charge on any atom is -0.297 e. The number of nitrogens with one attached hydrogen (secondary N) is 1. The van der Waals surface area contributed by atoms with Gasteiger partial charge in [0.1, 0.15) is 0 Å². The SMILES string of the molecule is CCC(CC)NOCc1ccccc1. The van der Waals surface area contributed by atoms with Gasteiger partial charge in [0.25, 0.3) is 0 Å². The fraction of sp³-hybridized carbons (Fsp3) is 0.500. The molecule has 1 rings (SSSR count). The molecular formula is C12H19NO. The first-order chi connectivity index (χ1) is 6.86. The molecule has 2 nitrogen and oxygen atoms in total. The van der Waals surface area contributed by atoms with Gasteiger partial charge in [-0.1, -0.05) is 44.2 Å². The van der Waals surface area contributed by atoms with Gasteiger partial charge in [-0.05, 0) is 18.4 Å². The lowest BCUT2D eigenvalue weighted by molar-refractivity contribution is 0.00189. The molecule has 0 saturated carbocycles. The van der Waals surface area contributed by atoms with Gasteiger partial charge in [0, 0.05) is 6.04 Å². The van der Waals surface area contributed by atoms with Crippen molar-refractivity contribution in [3.8, 4) is 0 Å². The van der Waals surface area contributed by atoms with Gasteiger partial charge in [-0.15, -0.1) is 0 Å². The lowest BCUT2D eigenvalue weighted by Gasteiger charge is -2.14. The van der Waals surface area contributed by atoms with Crippen molar-refractivity contribution in [2.45, 2.75) is 39.3 Å². The second kappa shape index (κ2) is 6.57. The Kier molecular flexibility index (Phi) is 5.27. The zero-order chi connectivity index (χ0) is 10.2. The summed E-state index contributed by atoms with van der Waals surface area (Å²) in [5.74, 6) is 0. The van der Waals surface area contributed by atoms with Crippen LogP contribution in [0.2, 0.25) is 0 Å². The summed E-state index contributed by atoms with van der Waals surface area (Å²) in [7, 11) is 0. The second-order valence-corrected chi connectivity index (χ2v) is 3.41. The van der Waals surface area contributed by atoms with Crippen LogP contribution in [0, 0.1) is 0 Å². The van der Waals surface area contributed by atoms with Crippen molar-refractivity contribution in [1.82, 2.24) is 5.48 Å². The van der Waals surface area contributed by atoms with Crippen LogP contribution in [0.4, 0.5) is 0 Å². The highest BCUT2D eigenvalue weighted by atomic mass is 16.6. The lowest BCUT2D eigenvalue weighted by atomic mass is 10.2. The fourth-order valence-electron chi connectivity index (χ4n) is 1.27. The van der Waals surface area contributed by atoms with E-state index in [4.69, 9.17) is 4.84 Å². The monoisotopic (exact) mass is 193 g/mol. The van der Waals surface area contributed by atoms with Gasteiger partial charge >= 0.3 is 0 Å². The van der Waals surface area contributed by atoms with E-state index in [1.807, 2.05) is 18.2 Å². The van der Waals surface area contributed by atoms with E-state index >= 15 is 0 Å². The first-order valence-electron chi connectivity index (χ1n) is 5.28. The fourth-order valence-corrected chi connectivity index (χ4v) is 1.27. The molecule has 0 fully saturated rings. The van der Waals surface area contributed by atoms with Crippen molar-refractivity contribution in [2.24, 2.45) is 0 Å². The zero-order valence-corrected chi connectivity index (χ0v) is 8.99. The van der Waals surface area contributed by atoms with Crippen LogP contribution in [0.5, 0.6) is 0 Å². The van der Waals surface area contributed by atoms with Crippen LogP contribution >= 0.6 is 0 Å². The summed E-state index contributed by atoms with van der Waals surface area (Å²) >= 11 is 0. The number of rotatable bonds is 6. The molecule has 0 radical (unpaired) electrons. The molecule has 0 unspecified atom stereocenters. The zero-order valence-electron chi connectivity index (χ0n) is 8.99. The van der Waals surface area contributed by atoms with E-state index in [0.29, 0.717) is 12.6 Å². The van der Waals surface area contributed by atoms with Gasteiger partial charge in [0.2, 0.25) is 0 Å². The number of benzene rings is 1. The molecule has 0 bridgehead atoms. The van der Waals surface area contributed by atoms with E-state index in [1.165, 1.54) is 5.56 Å². The normalized spacial score (nSPS) is 10.8. The highest BCUT2D eigenvalue weighted by molar-refractivity contribution is 5.13. The number of hydrogen-bond donors (Lipinski definition) is 1. The summed E-state index contributed by atoms with van der Waals surface area (Å²) < 4.78 is 0. The Morgan fingerprint density at radius 3 is 2.36 bits per heavy atom. The Balaban J connectivity index is 2.21. The summed E-state index contributed by atoms with van der Waals surface area (Å²) in [5.41, 5.74) is 4.27. The number of hydroxylamine groups is 1. The molecule has 78 valence electrons. The molecule has 0 saturated heterocycles. The predicted molar refractivity (Wildman–Crippen MR) is 58.7 cm³/mol. The molecule has 0 aliphatic heterocycles.